The summed E-state index contributed by atoms with van der Waals surface area (Å²) in [6.45, 7) is 15.4. The molecule has 0 aromatic carbocycles. The third kappa shape index (κ3) is 2.21. The summed E-state index contributed by atoms with van der Waals surface area (Å²) in [7, 11) is 0. The van der Waals surface area contributed by atoms with Crippen molar-refractivity contribution >= 4 is 0 Å². The molecule has 0 unspecified atom stereocenters. The topological polar surface area (TPSA) is 15.3 Å². The summed E-state index contributed by atoms with van der Waals surface area (Å²) in [5.41, 5.74) is 1.18. The Hall–Kier alpha value is -0.0800. The van der Waals surface area contributed by atoms with Gasteiger partial charge in [-0.2, -0.15) is 0 Å². The zero-order chi connectivity index (χ0) is 11.3. The fourth-order valence-electron chi connectivity index (χ4n) is 2.99. The molecule has 0 amide bonds. The summed E-state index contributed by atoms with van der Waals surface area (Å²) >= 11 is 0. The third-order valence-electron chi connectivity index (χ3n) is 4.05. The van der Waals surface area contributed by atoms with Crippen molar-refractivity contribution in [1.82, 2.24) is 10.2 Å². The van der Waals surface area contributed by atoms with Crippen molar-refractivity contribution in [3.63, 3.8) is 0 Å². The molecule has 2 heteroatoms. The van der Waals surface area contributed by atoms with Crippen molar-refractivity contribution in [2.45, 2.75) is 58.5 Å². The molecule has 1 aliphatic heterocycles. The predicted molar refractivity (Wildman–Crippen MR) is 65.1 cm³/mol. The highest BCUT2D eigenvalue weighted by Crippen LogP contribution is 2.48. The standard InChI is InChI=1S/C13H26N2/c1-11(2,3)15-10-13(6-7-13)9-14-8-12(15,4)5/h14H,6-10H2,1-5H3. The second kappa shape index (κ2) is 3.21. The van der Waals surface area contributed by atoms with Crippen molar-refractivity contribution < 1.29 is 0 Å². The van der Waals surface area contributed by atoms with Gasteiger partial charge in [-0.25, -0.2) is 0 Å². The van der Waals surface area contributed by atoms with Crippen LogP contribution in [0.5, 0.6) is 0 Å². The van der Waals surface area contributed by atoms with Crippen LogP contribution in [-0.4, -0.2) is 35.6 Å². The smallest absolute Gasteiger partial charge is 0.0283 e. The van der Waals surface area contributed by atoms with Gasteiger partial charge in [-0.1, -0.05) is 0 Å². The first-order valence-electron chi connectivity index (χ1n) is 6.24. The van der Waals surface area contributed by atoms with E-state index in [-0.39, 0.29) is 11.1 Å². The van der Waals surface area contributed by atoms with Crippen LogP contribution in [0.2, 0.25) is 0 Å². The van der Waals surface area contributed by atoms with E-state index in [0.717, 1.165) is 6.54 Å². The van der Waals surface area contributed by atoms with E-state index in [4.69, 9.17) is 0 Å². The first-order chi connectivity index (χ1) is 6.75. The van der Waals surface area contributed by atoms with Gasteiger partial charge in [-0.05, 0) is 52.9 Å². The summed E-state index contributed by atoms with van der Waals surface area (Å²) in [5.74, 6) is 0. The zero-order valence-corrected chi connectivity index (χ0v) is 11.0. The number of hydrogen-bond acceptors (Lipinski definition) is 2. The van der Waals surface area contributed by atoms with Gasteiger partial charge in [-0.15, -0.1) is 0 Å². The molecule has 1 saturated heterocycles. The van der Waals surface area contributed by atoms with Crippen LogP contribution in [0.15, 0.2) is 0 Å². The van der Waals surface area contributed by atoms with Gasteiger partial charge >= 0.3 is 0 Å². The van der Waals surface area contributed by atoms with E-state index in [1.807, 2.05) is 0 Å². The van der Waals surface area contributed by atoms with E-state index in [0.29, 0.717) is 5.41 Å². The van der Waals surface area contributed by atoms with Crippen LogP contribution >= 0.6 is 0 Å². The fraction of sp³-hybridized carbons (Fsp3) is 1.00. The van der Waals surface area contributed by atoms with Gasteiger partial charge < -0.3 is 5.32 Å². The zero-order valence-electron chi connectivity index (χ0n) is 11.0. The Bertz CT molecular complexity index is 246. The van der Waals surface area contributed by atoms with E-state index in [1.54, 1.807) is 0 Å². The molecule has 0 bridgehead atoms. The third-order valence-corrected chi connectivity index (χ3v) is 4.05. The molecule has 0 atom stereocenters. The summed E-state index contributed by atoms with van der Waals surface area (Å²) in [4.78, 5) is 2.70. The minimum Gasteiger partial charge on any atom is -0.314 e. The lowest BCUT2D eigenvalue weighted by Crippen LogP contribution is -2.57. The van der Waals surface area contributed by atoms with Crippen molar-refractivity contribution in [2.75, 3.05) is 19.6 Å². The Balaban J connectivity index is 2.21. The molecule has 2 nitrogen and oxygen atoms in total. The van der Waals surface area contributed by atoms with Crippen LogP contribution in [0.3, 0.4) is 0 Å². The Kier molecular flexibility index (Phi) is 2.44. The lowest BCUT2D eigenvalue weighted by atomic mass is 9.93. The van der Waals surface area contributed by atoms with Crippen LogP contribution in [0.4, 0.5) is 0 Å². The molecule has 1 aliphatic carbocycles. The van der Waals surface area contributed by atoms with Crippen LogP contribution in [0, 0.1) is 5.41 Å². The molecule has 88 valence electrons. The Labute approximate surface area is 94.4 Å². The van der Waals surface area contributed by atoms with Crippen LogP contribution in [0.1, 0.15) is 47.5 Å². The van der Waals surface area contributed by atoms with Crippen molar-refractivity contribution in [1.29, 1.82) is 0 Å². The first kappa shape index (κ1) is 11.4. The molecule has 0 aromatic rings. The number of nitrogens with zero attached hydrogens (tertiary/aromatic N) is 1. The van der Waals surface area contributed by atoms with Crippen LogP contribution < -0.4 is 5.32 Å². The van der Waals surface area contributed by atoms with Crippen LogP contribution in [-0.2, 0) is 0 Å². The summed E-state index contributed by atoms with van der Waals surface area (Å²) in [6, 6.07) is 0. The Morgan fingerprint density at radius 2 is 1.67 bits per heavy atom. The quantitative estimate of drug-likeness (QED) is 0.660. The lowest BCUT2D eigenvalue weighted by Gasteiger charge is -2.47. The number of hydrogen-bond donors (Lipinski definition) is 1. The van der Waals surface area contributed by atoms with Gasteiger partial charge in [0.05, 0.1) is 0 Å². The lowest BCUT2D eigenvalue weighted by molar-refractivity contribution is 0.0238. The molecule has 15 heavy (non-hydrogen) atoms. The molecule has 1 spiro atoms. The van der Waals surface area contributed by atoms with Crippen molar-refractivity contribution in [3.05, 3.63) is 0 Å². The maximum absolute atomic E-state index is 3.65. The molecule has 2 rings (SSSR count). The fourth-order valence-corrected chi connectivity index (χ4v) is 2.99. The second-order valence-electron chi connectivity index (χ2n) is 7.17. The maximum atomic E-state index is 3.65. The normalized spacial score (nSPS) is 30.2. The molecule has 1 heterocycles. The molecular formula is C13H26N2. The van der Waals surface area contributed by atoms with Gasteiger partial charge in [0.1, 0.15) is 0 Å². The second-order valence-corrected chi connectivity index (χ2v) is 7.17. The van der Waals surface area contributed by atoms with E-state index < -0.39 is 0 Å². The first-order valence-corrected chi connectivity index (χ1v) is 6.24. The van der Waals surface area contributed by atoms with Crippen molar-refractivity contribution in [2.24, 2.45) is 5.41 Å². The van der Waals surface area contributed by atoms with Gasteiger partial charge in [0.25, 0.3) is 0 Å². The van der Waals surface area contributed by atoms with E-state index >= 15 is 0 Å². The molecular weight excluding hydrogens is 184 g/mol. The molecule has 2 fully saturated rings. The van der Waals surface area contributed by atoms with Crippen molar-refractivity contribution in [3.8, 4) is 0 Å². The molecule has 0 aromatic heterocycles. The highest BCUT2D eigenvalue weighted by Gasteiger charge is 2.50. The minimum atomic E-state index is 0.282. The summed E-state index contributed by atoms with van der Waals surface area (Å²) < 4.78 is 0. The van der Waals surface area contributed by atoms with Crippen LogP contribution in [0.25, 0.3) is 0 Å². The molecule has 1 N–H and O–H groups in total. The number of rotatable bonds is 0. The largest absolute Gasteiger partial charge is 0.314 e. The maximum Gasteiger partial charge on any atom is 0.0283 e. The molecule has 2 aliphatic rings. The Morgan fingerprint density at radius 3 is 2.13 bits per heavy atom. The molecule has 1 saturated carbocycles. The van der Waals surface area contributed by atoms with Gasteiger partial charge in [0.15, 0.2) is 0 Å². The van der Waals surface area contributed by atoms with E-state index in [9.17, 15) is 0 Å². The SMILES string of the molecule is CC(C)(C)N1CC2(CC2)CNCC1(C)C. The van der Waals surface area contributed by atoms with E-state index in [2.05, 4.69) is 44.8 Å². The minimum absolute atomic E-state index is 0.282. The summed E-state index contributed by atoms with van der Waals surface area (Å²) in [6.07, 6.45) is 2.84. The highest BCUT2D eigenvalue weighted by atomic mass is 15.3. The van der Waals surface area contributed by atoms with E-state index in [1.165, 1.54) is 25.9 Å². The predicted octanol–water partition coefficient (Wildman–Crippen LogP) is 2.25. The number of nitrogens with one attached hydrogen (secondary N) is 1. The summed E-state index contributed by atoms with van der Waals surface area (Å²) in [5, 5.41) is 3.65. The highest BCUT2D eigenvalue weighted by molar-refractivity contribution is 5.05. The average molecular weight is 210 g/mol. The van der Waals surface area contributed by atoms with Gasteiger partial charge in [0, 0.05) is 30.7 Å². The Morgan fingerprint density at radius 1 is 1.07 bits per heavy atom. The molecule has 0 radical (unpaired) electrons. The van der Waals surface area contributed by atoms with Gasteiger partial charge in [0.2, 0.25) is 0 Å². The monoisotopic (exact) mass is 210 g/mol. The van der Waals surface area contributed by atoms with Gasteiger partial charge in [-0.3, -0.25) is 4.90 Å². The average Bonchev–Trinajstić information content (AvgIpc) is 2.79.